The first kappa shape index (κ1) is 12.5. The van der Waals surface area contributed by atoms with Gasteiger partial charge < -0.3 is 9.84 Å². The predicted molar refractivity (Wildman–Crippen MR) is 70.5 cm³/mol. The molecule has 1 amide bonds. The third-order valence-electron chi connectivity index (χ3n) is 4.16. The van der Waals surface area contributed by atoms with Crippen molar-refractivity contribution in [1.29, 1.82) is 0 Å². The highest BCUT2D eigenvalue weighted by atomic mass is 16.6. The lowest BCUT2D eigenvalue weighted by Crippen LogP contribution is -2.50. The first-order chi connectivity index (χ1) is 9.20. The predicted octanol–water partition coefficient (Wildman–Crippen LogP) is 2.31. The summed E-state index contributed by atoms with van der Waals surface area (Å²) in [5.41, 5.74) is 0.978. The Morgan fingerprint density at radius 3 is 2.74 bits per heavy atom. The lowest BCUT2D eigenvalue weighted by molar-refractivity contribution is 0.0126. The van der Waals surface area contributed by atoms with Gasteiger partial charge in [-0.3, -0.25) is 4.90 Å². The Kier molecular flexibility index (Phi) is 3.19. The lowest BCUT2D eigenvalue weighted by atomic mass is 9.98. The first-order valence-electron chi connectivity index (χ1n) is 6.86. The maximum atomic E-state index is 12.2. The van der Waals surface area contributed by atoms with E-state index in [1.807, 2.05) is 30.3 Å². The Labute approximate surface area is 113 Å². The van der Waals surface area contributed by atoms with Crippen molar-refractivity contribution in [3.63, 3.8) is 0 Å². The van der Waals surface area contributed by atoms with E-state index in [9.17, 15) is 9.90 Å². The van der Waals surface area contributed by atoms with Gasteiger partial charge >= 0.3 is 6.09 Å². The lowest BCUT2D eigenvalue weighted by Gasteiger charge is -2.37. The Morgan fingerprint density at radius 1 is 1.32 bits per heavy atom. The van der Waals surface area contributed by atoms with Crippen molar-refractivity contribution in [2.24, 2.45) is 0 Å². The highest BCUT2D eigenvalue weighted by Gasteiger charge is 2.53. The number of likely N-dealkylation sites (tertiary alicyclic amines) is 1. The van der Waals surface area contributed by atoms with E-state index in [2.05, 4.69) is 0 Å². The van der Waals surface area contributed by atoms with Gasteiger partial charge in [0, 0.05) is 5.54 Å². The zero-order valence-electron chi connectivity index (χ0n) is 10.9. The summed E-state index contributed by atoms with van der Waals surface area (Å²) in [5.74, 6) is 0. The van der Waals surface area contributed by atoms with Crippen molar-refractivity contribution in [1.82, 2.24) is 4.90 Å². The number of β-amino-alcohol motifs (C(OH)–C–C–N with tert-alkyl or cyclic N) is 1. The zero-order chi connectivity index (χ0) is 13.3. The molecule has 1 atom stereocenters. The number of carbonyl (C=O) groups is 1. The number of aliphatic hydroxyl groups is 1. The fraction of sp³-hybridized carbons (Fsp3) is 0.533. The second-order valence-corrected chi connectivity index (χ2v) is 5.57. The van der Waals surface area contributed by atoms with Crippen molar-refractivity contribution in [3.8, 4) is 0 Å². The Hall–Kier alpha value is -1.55. The fourth-order valence-electron chi connectivity index (χ4n) is 2.80. The molecule has 19 heavy (non-hydrogen) atoms. The van der Waals surface area contributed by atoms with Crippen molar-refractivity contribution in [2.45, 2.75) is 43.9 Å². The summed E-state index contributed by atoms with van der Waals surface area (Å²) in [5, 5.41) is 9.72. The van der Waals surface area contributed by atoms with Gasteiger partial charge in [0.15, 0.2) is 0 Å². The van der Waals surface area contributed by atoms with E-state index >= 15 is 0 Å². The zero-order valence-corrected chi connectivity index (χ0v) is 10.9. The van der Waals surface area contributed by atoms with Gasteiger partial charge in [0.05, 0.1) is 12.6 Å². The van der Waals surface area contributed by atoms with Crippen LogP contribution in [0, 0.1) is 0 Å². The second kappa shape index (κ2) is 4.85. The maximum Gasteiger partial charge on any atom is 0.410 e. The van der Waals surface area contributed by atoms with Gasteiger partial charge in [-0.2, -0.15) is 0 Å². The minimum Gasteiger partial charge on any atom is -0.445 e. The van der Waals surface area contributed by atoms with E-state index in [0.717, 1.165) is 31.2 Å². The van der Waals surface area contributed by atoms with E-state index in [1.54, 1.807) is 4.90 Å². The number of aliphatic hydroxyl groups excluding tert-OH is 1. The summed E-state index contributed by atoms with van der Waals surface area (Å²) in [6, 6.07) is 9.66. The average Bonchev–Trinajstić information content (AvgIpc) is 3.21. The molecule has 4 heteroatoms. The molecule has 2 fully saturated rings. The van der Waals surface area contributed by atoms with Crippen molar-refractivity contribution >= 4 is 6.09 Å². The first-order valence-corrected chi connectivity index (χ1v) is 6.86. The number of ether oxygens (including phenoxy) is 1. The molecule has 2 aliphatic rings. The van der Waals surface area contributed by atoms with Crippen LogP contribution in [0.5, 0.6) is 0 Å². The average molecular weight is 261 g/mol. The number of carbonyl (C=O) groups excluding carboxylic acids is 1. The molecule has 1 aliphatic heterocycles. The fourth-order valence-corrected chi connectivity index (χ4v) is 2.80. The number of hydrogen-bond donors (Lipinski definition) is 1. The normalized spacial score (nSPS) is 24.3. The molecule has 1 saturated carbocycles. The largest absolute Gasteiger partial charge is 0.445 e. The van der Waals surface area contributed by atoms with E-state index in [4.69, 9.17) is 4.74 Å². The molecule has 1 aliphatic carbocycles. The molecule has 1 aromatic carbocycles. The quantitative estimate of drug-likeness (QED) is 0.888. The summed E-state index contributed by atoms with van der Waals surface area (Å²) in [4.78, 5) is 13.9. The van der Waals surface area contributed by atoms with Gasteiger partial charge in [-0.15, -0.1) is 0 Å². The molecule has 1 unspecified atom stereocenters. The third kappa shape index (κ3) is 2.59. The molecule has 0 radical (unpaired) electrons. The molecule has 1 N–H and O–H groups in total. The smallest absolute Gasteiger partial charge is 0.410 e. The van der Waals surface area contributed by atoms with Crippen molar-refractivity contribution in [3.05, 3.63) is 35.9 Å². The Bertz CT molecular complexity index is 456. The molecule has 1 aromatic rings. The van der Waals surface area contributed by atoms with Crippen LogP contribution >= 0.6 is 0 Å². The summed E-state index contributed by atoms with van der Waals surface area (Å²) in [6.07, 6.45) is 3.08. The van der Waals surface area contributed by atoms with Crippen LogP contribution in [0.1, 0.15) is 31.2 Å². The number of nitrogens with zero attached hydrogens (tertiary/aromatic N) is 1. The van der Waals surface area contributed by atoms with Gasteiger partial charge in [-0.05, 0) is 31.2 Å². The van der Waals surface area contributed by atoms with Crippen LogP contribution < -0.4 is 0 Å². The van der Waals surface area contributed by atoms with E-state index in [-0.39, 0.29) is 11.6 Å². The molecular formula is C15H19NO3. The van der Waals surface area contributed by atoms with Gasteiger partial charge in [0.25, 0.3) is 0 Å². The molecule has 3 rings (SSSR count). The number of benzene rings is 1. The number of amides is 1. The highest BCUT2D eigenvalue weighted by Crippen LogP contribution is 2.48. The Morgan fingerprint density at radius 2 is 2.05 bits per heavy atom. The third-order valence-corrected chi connectivity index (χ3v) is 4.16. The van der Waals surface area contributed by atoms with Gasteiger partial charge in [-0.1, -0.05) is 30.3 Å². The maximum absolute atomic E-state index is 12.2. The van der Waals surface area contributed by atoms with Crippen LogP contribution in [0.15, 0.2) is 30.3 Å². The molecule has 0 bridgehead atoms. The van der Waals surface area contributed by atoms with Crippen molar-refractivity contribution < 1.29 is 14.6 Å². The molecular weight excluding hydrogens is 242 g/mol. The summed E-state index contributed by atoms with van der Waals surface area (Å²) < 4.78 is 5.37. The number of hydrogen-bond acceptors (Lipinski definition) is 3. The molecule has 4 nitrogen and oxygen atoms in total. The summed E-state index contributed by atoms with van der Waals surface area (Å²) in [6.45, 7) is 0.704. The SMILES string of the molecule is O=C(OCc1ccccc1)N1CC(O)CCC12CC2. The van der Waals surface area contributed by atoms with Crippen LogP contribution in [-0.4, -0.2) is 34.3 Å². The highest BCUT2D eigenvalue weighted by molar-refractivity contribution is 5.69. The molecule has 1 heterocycles. The Balaban J connectivity index is 1.60. The van der Waals surface area contributed by atoms with Crippen LogP contribution in [-0.2, 0) is 11.3 Å². The molecule has 1 saturated heterocycles. The monoisotopic (exact) mass is 261 g/mol. The number of rotatable bonds is 2. The van der Waals surface area contributed by atoms with Gasteiger partial charge in [0.1, 0.15) is 6.61 Å². The summed E-state index contributed by atoms with van der Waals surface area (Å²) in [7, 11) is 0. The molecule has 102 valence electrons. The van der Waals surface area contributed by atoms with Crippen LogP contribution in [0.3, 0.4) is 0 Å². The van der Waals surface area contributed by atoms with Crippen LogP contribution in [0.2, 0.25) is 0 Å². The van der Waals surface area contributed by atoms with E-state index in [1.165, 1.54) is 0 Å². The minimum atomic E-state index is -0.407. The van der Waals surface area contributed by atoms with Gasteiger partial charge in [-0.25, -0.2) is 4.79 Å². The molecule has 0 aromatic heterocycles. The topological polar surface area (TPSA) is 49.8 Å². The van der Waals surface area contributed by atoms with Gasteiger partial charge in [0.2, 0.25) is 0 Å². The van der Waals surface area contributed by atoms with Crippen molar-refractivity contribution in [2.75, 3.05) is 6.54 Å². The van der Waals surface area contributed by atoms with E-state index < -0.39 is 6.10 Å². The van der Waals surface area contributed by atoms with Crippen LogP contribution in [0.25, 0.3) is 0 Å². The molecule has 1 spiro atoms. The summed E-state index contributed by atoms with van der Waals surface area (Å²) >= 11 is 0. The minimum absolute atomic E-state index is 0.00694. The van der Waals surface area contributed by atoms with Crippen LogP contribution in [0.4, 0.5) is 4.79 Å². The van der Waals surface area contributed by atoms with E-state index in [0.29, 0.717) is 13.2 Å². The number of piperidine rings is 1. The second-order valence-electron chi connectivity index (χ2n) is 5.57. The standard InChI is InChI=1S/C15H19NO3/c17-13-6-7-15(8-9-15)16(10-13)14(18)19-11-12-4-2-1-3-5-12/h1-5,13,17H,6-11H2.